The molecule has 5 atom stereocenters. The van der Waals surface area contributed by atoms with Crippen molar-refractivity contribution in [3.8, 4) is 6.07 Å². The van der Waals surface area contributed by atoms with Crippen molar-refractivity contribution in [2.24, 2.45) is 17.0 Å². The number of hydrogen-bond acceptors (Lipinski definition) is 6. The fraction of sp³-hybridized carbons (Fsp3) is 0.591. The van der Waals surface area contributed by atoms with Crippen LogP contribution in [0.5, 0.6) is 0 Å². The Labute approximate surface area is 182 Å². The Kier molecular flexibility index (Phi) is 4.43. The van der Waals surface area contributed by atoms with E-state index >= 15 is 0 Å². The molecule has 4 saturated heterocycles. The van der Waals surface area contributed by atoms with Gasteiger partial charge in [0.1, 0.15) is 17.9 Å². The van der Waals surface area contributed by atoms with Crippen molar-refractivity contribution < 1.29 is 32.3 Å². The fourth-order valence-electron chi connectivity index (χ4n) is 5.76. The number of halogens is 3. The first-order chi connectivity index (χ1) is 15.0. The van der Waals surface area contributed by atoms with Crippen molar-refractivity contribution in [1.82, 2.24) is 0 Å². The Hall–Kier alpha value is -2.64. The minimum atomic E-state index is -4.73. The van der Waals surface area contributed by atoms with Gasteiger partial charge in [0.15, 0.2) is 0 Å². The van der Waals surface area contributed by atoms with Crippen molar-refractivity contribution in [1.29, 1.82) is 5.26 Å². The maximum absolute atomic E-state index is 13.6. The molecule has 0 aliphatic carbocycles. The number of fused-ring (bicyclic) bond motifs is 2. The van der Waals surface area contributed by atoms with Crippen molar-refractivity contribution in [3.63, 3.8) is 0 Å². The summed E-state index contributed by atoms with van der Waals surface area (Å²) >= 11 is 0. The van der Waals surface area contributed by atoms with E-state index in [2.05, 4.69) is 5.16 Å². The van der Waals surface area contributed by atoms with Crippen molar-refractivity contribution in [2.75, 3.05) is 11.5 Å². The SMILES string of the molecule is CC(C)ON=C1C[C@@]2(C)O[C@@]13CCO[C@H]1[C@@H]3[C@@H]2C(=O)N1c1ccc(C#N)c(C(F)(F)F)c1. The first-order valence-electron chi connectivity index (χ1n) is 10.5. The summed E-state index contributed by atoms with van der Waals surface area (Å²) < 4.78 is 53.0. The van der Waals surface area contributed by atoms with E-state index < -0.39 is 46.6 Å². The lowest BCUT2D eigenvalue weighted by Crippen LogP contribution is -2.55. The highest BCUT2D eigenvalue weighted by atomic mass is 19.4. The van der Waals surface area contributed by atoms with E-state index in [4.69, 9.17) is 19.6 Å². The quantitative estimate of drug-likeness (QED) is 0.659. The van der Waals surface area contributed by atoms with E-state index in [0.29, 0.717) is 18.6 Å². The van der Waals surface area contributed by atoms with Crippen LogP contribution >= 0.6 is 0 Å². The average molecular weight is 449 g/mol. The molecule has 32 heavy (non-hydrogen) atoms. The molecule has 0 saturated carbocycles. The molecule has 7 nitrogen and oxygen atoms in total. The molecule has 4 aliphatic rings. The van der Waals surface area contributed by atoms with Crippen LogP contribution in [0.25, 0.3) is 0 Å². The first-order valence-corrected chi connectivity index (χ1v) is 10.5. The van der Waals surface area contributed by atoms with Gasteiger partial charge in [-0.2, -0.15) is 18.4 Å². The van der Waals surface area contributed by atoms with Gasteiger partial charge in [-0.05, 0) is 39.0 Å². The Morgan fingerprint density at radius 2 is 2.12 bits per heavy atom. The number of carbonyl (C=O) groups excluding carboxylic acids is 1. The molecule has 5 rings (SSSR count). The van der Waals surface area contributed by atoms with Crippen LogP contribution in [0, 0.1) is 23.2 Å². The number of oxime groups is 1. The number of nitrogens with zero attached hydrogens (tertiary/aromatic N) is 3. The van der Waals surface area contributed by atoms with Gasteiger partial charge in [-0.3, -0.25) is 9.69 Å². The van der Waals surface area contributed by atoms with E-state index in [-0.39, 0.29) is 24.3 Å². The number of rotatable bonds is 3. The van der Waals surface area contributed by atoms with Crippen molar-refractivity contribution >= 4 is 17.3 Å². The second-order valence-electron chi connectivity index (χ2n) is 9.24. The van der Waals surface area contributed by atoms with Gasteiger partial charge in [0, 0.05) is 18.5 Å². The molecule has 2 bridgehead atoms. The number of anilines is 1. The van der Waals surface area contributed by atoms with Crippen molar-refractivity contribution in [2.45, 2.75) is 63.3 Å². The molecule has 1 aromatic carbocycles. The Balaban J connectivity index is 1.59. The van der Waals surface area contributed by atoms with Gasteiger partial charge in [0.25, 0.3) is 0 Å². The maximum atomic E-state index is 13.6. The zero-order valence-electron chi connectivity index (χ0n) is 17.8. The topological polar surface area (TPSA) is 84.2 Å². The molecule has 0 unspecified atom stereocenters. The molecule has 0 N–H and O–H groups in total. The van der Waals surface area contributed by atoms with Gasteiger partial charge in [-0.1, -0.05) is 5.16 Å². The number of hydrogen-bond donors (Lipinski definition) is 0. The monoisotopic (exact) mass is 449 g/mol. The standard InChI is InChI=1S/C22H22F3N3O4/c1-11(2)31-27-15-9-20(3)16-17-19(30-7-6-21(15,17)32-20)28(18(16)29)13-5-4-12(10-26)14(8-13)22(23,24)25/h4-5,8,11,16-17,19H,6-7,9H2,1-3H3/t16-,17+,19+,20-,21+/m1/s1. The number of nitriles is 1. The summed E-state index contributed by atoms with van der Waals surface area (Å²) in [6.45, 7) is 5.82. The summed E-state index contributed by atoms with van der Waals surface area (Å²) in [4.78, 5) is 20.3. The molecule has 1 aromatic rings. The third-order valence-electron chi connectivity index (χ3n) is 6.89. The smallest absolute Gasteiger partial charge is 0.393 e. The highest BCUT2D eigenvalue weighted by Crippen LogP contribution is 2.64. The van der Waals surface area contributed by atoms with E-state index in [1.807, 2.05) is 20.8 Å². The van der Waals surface area contributed by atoms with Gasteiger partial charge in [0.2, 0.25) is 5.91 Å². The number of benzene rings is 1. The normalized spacial score (nSPS) is 36.7. The van der Waals surface area contributed by atoms with Gasteiger partial charge in [-0.25, -0.2) is 0 Å². The van der Waals surface area contributed by atoms with Crippen molar-refractivity contribution in [3.05, 3.63) is 29.3 Å². The van der Waals surface area contributed by atoms with E-state index in [1.165, 1.54) is 11.0 Å². The van der Waals surface area contributed by atoms with Crippen LogP contribution in [-0.2, 0) is 25.3 Å². The van der Waals surface area contributed by atoms with E-state index in [1.54, 1.807) is 6.07 Å². The van der Waals surface area contributed by atoms with Crippen LogP contribution in [0.2, 0.25) is 0 Å². The molecular weight excluding hydrogens is 427 g/mol. The second-order valence-corrected chi connectivity index (χ2v) is 9.24. The van der Waals surface area contributed by atoms with E-state index in [9.17, 15) is 18.0 Å². The fourth-order valence-corrected chi connectivity index (χ4v) is 5.76. The van der Waals surface area contributed by atoms with Crippen LogP contribution in [0.15, 0.2) is 23.4 Å². The van der Waals surface area contributed by atoms with Crippen LogP contribution in [-0.4, -0.2) is 41.8 Å². The zero-order valence-corrected chi connectivity index (χ0v) is 17.8. The molecule has 0 radical (unpaired) electrons. The Bertz CT molecular complexity index is 1070. The maximum Gasteiger partial charge on any atom is 0.417 e. The molecule has 10 heteroatoms. The minimum absolute atomic E-state index is 0.0534. The number of amides is 1. The summed E-state index contributed by atoms with van der Waals surface area (Å²) in [5.41, 5.74) is -2.50. The first kappa shape index (κ1) is 21.2. The van der Waals surface area contributed by atoms with Gasteiger partial charge < -0.3 is 14.3 Å². The summed E-state index contributed by atoms with van der Waals surface area (Å²) in [6.07, 6.45) is -4.74. The predicted octanol–water partition coefficient (Wildman–Crippen LogP) is 3.61. The highest BCUT2D eigenvalue weighted by molar-refractivity contribution is 6.06. The van der Waals surface area contributed by atoms with Crippen LogP contribution < -0.4 is 4.90 Å². The molecule has 1 spiro atoms. The Morgan fingerprint density at radius 1 is 1.38 bits per heavy atom. The third kappa shape index (κ3) is 2.74. The summed E-state index contributed by atoms with van der Waals surface area (Å²) in [6, 6.07) is 4.87. The molecule has 170 valence electrons. The van der Waals surface area contributed by atoms with E-state index in [0.717, 1.165) is 12.1 Å². The average Bonchev–Trinajstić information content (AvgIpc) is 3.29. The minimum Gasteiger partial charge on any atom is -0.393 e. The summed E-state index contributed by atoms with van der Waals surface area (Å²) in [7, 11) is 0. The van der Waals surface area contributed by atoms with Crippen LogP contribution in [0.4, 0.5) is 18.9 Å². The van der Waals surface area contributed by atoms with Crippen LogP contribution in [0.3, 0.4) is 0 Å². The molecule has 4 aliphatic heterocycles. The summed E-state index contributed by atoms with van der Waals surface area (Å²) in [5.74, 6) is -1.33. The lowest BCUT2D eigenvalue weighted by Gasteiger charge is -2.42. The number of alkyl halides is 3. The molecule has 1 amide bonds. The zero-order chi connectivity index (χ0) is 23.1. The number of carbonyl (C=O) groups is 1. The number of ether oxygens (including phenoxy) is 2. The highest BCUT2D eigenvalue weighted by Gasteiger charge is 2.77. The predicted molar refractivity (Wildman–Crippen MR) is 105 cm³/mol. The van der Waals surface area contributed by atoms with Gasteiger partial charge in [-0.15, -0.1) is 0 Å². The molecule has 0 aromatic heterocycles. The molecular formula is C22H22F3N3O4. The largest absolute Gasteiger partial charge is 0.417 e. The van der Waals surface area contributed by atoms with Gasteiger partial charge >= 0.3 is 6.18 Å². The lowest BCUT2D eigenvalue weighted by atomic mass is 9.65. The van der Waals surface area contributed by atoms with Crippen LogP contribution in [0.1, 0.15) is 44.7 Å². The van der Waals surface area contributed by atoms with Gasteiger partial charge in [0.05, 0.1) is 47.0 Å². The molecule has 4 fully saturated rings. The third-order valence-corrected chi connectivity index (χ3v) is 6.89. The lowest BCUT2D eigenvalue weighted by molar-refractivity contribution is -0.138. The summed E-state index contributed by atoms with van der Waals surface area (Å²) in [5, 5.41) is 13.4. The Morgan fingerprint density at radius 3 is 2.78 bits per heavy atom. The second kappa shape index (κ2) is 6.68. The molecule has 4 heterocycles.